The maximum atomic E-state index is 12.4. The van der Waals surface area contributed by atoms with E-state index in [1.54, 1.807) is 0 Å². The molecule has 0 spiro atoms. The molecule has 166 valence electrons. The Balaban J connectivity index is 0.00000119. The largest absolute Gasteiger partial charge is 0.382 e. The Hall–Kier alpha value is -3.48. The van der Waals surface area contributed by atoms with Gasteiger partial charge in [0.15, 0.2) is 11.5 Å². The highest BCUT2D eigenvalue weighted by Gasteiger charge is 2.23. The van der Waals surface area contributed by atoms with E-state index in [0.717, 1.165) is 35.1 Å². The van der Waals surface area contributed by atoms with Gasteiger partial charge in [0.25, 0.3) is 5.56 Å². The molecule has 2 heterocycles. The molecule has 1 fully saturated rings. The lowest BCUT2D eigenvalue weighted by Crippen LogP contribution is -2.29. The number of rotatable bonds is 6. The SMILES string of the molecule is CC.Cc1cc2nc3c(=O)[nH]c(=O)nc-3n(CCCc3ccccc3)c2cc1NC1CC1. The second-order valence-corrected chi connectivity index (χ2v) is 7.97. The summed E-state index contributed by atoms with van der Waals surface area (Å²) in [5.41, 5.74) is 4.06. The van der Waals surface area contributed by atoms with Crippen molar-refractivity contribution in [1.29, 1.82) is 0 Å². The standard InChI is InChI=1S/C23H23N5O2.C2H6/c1-14-12-18-19(13-17(14)24-16-9-10-16)28(11-5-8-15-6-3-2-4-7-15)21-20(25-18)22(29)27-23(30)26-21;1-2/h2-4,6-7,12-13,16,24H,5,8-11H2,1H3,(H,27,29,30);1-2H3. The summed E-state index contributed by atoms with van der Waals surface area (Å²) in [6, 6.07) is 14.9. The summed E-state index contributed by atoms with van der Waals surface area (Å²) in [7, 11) is 0. The van der Waals surface area contributed by atoms with Crippen molar-refractivity contribution in [2.24, 2.45) is 0 Å². The van der Waals surface area contributed by atoms with Crippen LogP contribution in [0.3, 0.4) is 0 Å². The number of fused-ring (bicyclic) bond motifs is 2. The summed E-state index contributed by atoms with van der Waals surface area (Å²) in [5.74, 6) is 0.338. The molecule has 0 aromatic heterocycles. The predicted molar refractivity (Wildman–Crippen MR) is 129 cm³/mol. The molecule has 1 saturated carbocycles. The molecule has 0 saturated heterocycles. The van der Waals surface area contributed by atoms with E-state index in [1.807, 2.05) is 49.6 Å². The fourth-order valence-electron chi connectivity index (χ4n) is 3.86. The normalized spacial score (nSPS) is 13.1. The first kappa shape index (κ1) is 21.7. The van der Waals surface area contributed by atoms with Crippen LogP contribution in [0.15, 0.2) is 52.1 Å². The van der Waals surface area contributed by atoms with Gasteiger partial charge in [-0.05, 0) is 55.9 Å². The number of anilines is 1. The van der Waals surface area contributed by atoms with Gasteiger partial charge in [-0.2, -0.15) is 4.98 Å². The van der Waals surface area contributed by atoms with E-state index < -0.39 is 11.2 Å². The summed E-state index contributed by atoms with van der Waals surface area (Å²) in [6.45, 7) is 6.67. The molecule has 3 aliphatic rings. The smallest absolute Gasteiger partial charge is 0.349 e. The minimum absolute atomic E-state index is 0.198. The van der Waals surface area contributed by atoms with E-state index in [2.05, 4.69) is 38.5 Å². The van der Waals surface area contributed by atoms with Gasteiger partial charge >= 0.3 is 5.69 Å². The van der Waals surface area contributed by atoms with Crippen LogP contribution >= 0.6 is 0 Å². The Kier molecular flexibility index (Phi) is 6.35. The van der Waals surface area contributed by atoms with Gasteiger partial charge in [-0.3, -0.25) is 9.78 Å². The van der Waals surface area contributed by atoms with E-state index in [1.165, 1.54) is 18.4 Å². The van der Waals surface area contributed by atoms with Gasteiger partial charge in [-0.1, -0.05) is 44.2 Å². The lowest BCUT2D eigenvalue weighted by molar-refractivity contribution is 0.649. The first-order chi connectivity index (χ1) is 15.6. The van der Waals surface area contributed by atoms with Gasteiger partial charge in [0.05, 0.1) is 11.0 Å². The minimum atomic E-state index is -0.645. The molecule has 2 N–H and O–H groups in total. The van der Waals surface area contributed by atoms with Gasteiger partial charge in [-0.25, -0.2) is 9.78 Å². The number of nitrogens with one attached hydrogen (secondary N) is 2. The molecule has 2 aromatic rings. The third-order valence-corrected chi connectivity index (χ3v) is 5.58. The van der Waals surface area contributed by atoms with Crippen molar-refractivity contribution in [3.63, 3.8) is 0 Å². The molecular formula is C25H29N5O2. The fourth-order valence-corrected chi connectivity index (χ4v) is 3.86. The van der Waals surface area contributed by atoms with E-state index in [-0.39, 0.29) is 5.69 Å². The molecule has 0 radical (unpaired) electrons. The summed E-state index contributed by atoms with van der Waals surface area (Å²) in [5, 5.41) is 3.57. The molecule has 0 atom stereocenters. The van der Waals surface area contributed by atoms with Crippen molar-refractivity contribution in [1.82, 2.24) is 19.5 Å². The molecule has 5 rings (SSSR count). The maximum absolute atomic E-state index is 12.4. The number of H-pyrrole nitrogens is 1. The predicted octanol–water partition coefficient (Wildman–Crippen LogP) is 4.13. The lowest BCUT2D eigenvalue weighted by Gasteiger charge is -2.19. The van der Waals surface area contributed by atoms with Gasteiger partial charge in [0, 0.05) is 18.3 Å². The van der Waals surface area contributed by atoms with Crippen LogP contribution in [0.4, 0.5) is 5.69 Å². The Morgan fingerprint density at radius 3 is 2.56 bits per heavy atom. The number of aryl methyl sites for hydroxylation is 3. The van der Waals surface area contributed by atoms with Crippen LogP contribution in [0.2, 0.25) is 0 Å². The third kappa shape index (κ3) is 4.56. The first-order valence-corrected chi connectivity index (χ1v) is 11.3. The number of nitrogens with zero attached hydrogens (tertiary/aromatic N) is 3. The number of aromatic nitrogens is 4. The van der Waals surface area contributed by atoms with E-state index in [4.69, 9.17) is 0 Å². The van der Waals surface area contributed by atoms with Crippen molar-refractivity contribution in [2.45, 2.75) is 59.0 Å². The Morgan fingerprint density at radius 1 is 1.09 bits per heavy atom. The third-order valence-electron chi connectivity index (χ3n) is 5.58. The Labute approximate surface area is 186 Å². The lowest BCUT2D eigenvalue weighted by atomic mass is 10.1. The molecule has 32 heavy (non-hydrogen) atoms. The molecule has 2 aromatic carbocycles. The Bertz CT molecular complexity index is 1310. The number of hydrogen-bond acceptors (Lipinski definition) is 5. The van der Waals surface area contributed by atoms with Crippen LogP contribution in [0.5, 0.6) is 0 Å². The molecule has 7 nitrogen and oxygen atoms in total. The van der Waals surface area contributed by atoms with Gasteiger partial charge in [0.2, 0.25) is 0 Å². The Morgan fingerprint density at radius 2 is 1.84 bits per heavy atom. The number of hydrogen-bond donors (Lipinski definition) is 2. The second kappa shape index (κ2) is 9.34. The van der Waals surface area contributed by atoms with E-state index in [0.29, 0.717) is 18.4 Å². The van der Waals surface area contributed by atoms with E-state index in [9.17, 15) is 9.59 Å². The molecular weight excluding hydrogens is 402 g/mol. The fraction of sp³-hybridized carbons (Fsp3) is 0.360. The highest BCUT2D eigenvalue weighted by molar-refractivity contribution is 5.84. The quantitative estimate of drug-likeness (QED) is 0.448. The molecule has 7 heteroatoms. The van der Waals surface area contributed by atoms with Gasteiger partial charge < -0.3 is 9.88 Å². The zero-order valence-electron chi connectivity index (χ0n) is 18.8. The van der Waals surface area contributed by atoms with Crippen LogP contribution < -0.4 is 16.6 Å². The summed E-state index contributed by atoms with van der Waals surface area (Å²) in [6.07, 6.45) is 4.11. The highest BCUT2D eigenvalue weighted by Crippen LogP contribution is 2.31. The molecule has 0 amide bonds. The van der Waals surface area contributed by atoms with Gasteiger partial charge in [0.1, 0.15) is 0 Å². The molecule has 2 aliphatic heterocycles. The van der Waals surface area contributed by atoms with Crippen LogP contribution in [-0.2, 0) is 13.0 Å². The number of benzene rings is 2. The minimum Gasteiger partial charge on any atom is -0.382 e. The zero-order valence-corrected chi connectivity index (χ0v) is 18.8. The topological polar surface area (TPSA) is 92.7 Å². The van der Waals surface area contributed by atoms with Crippen molar-refractivity contribution >= 4 is 16.7 Å². The van der Waals surface area contributed by atoms with Crippen molar-refractivity contribution in [3.8, 4) is 11.5 Å². The summed E-state index contributed by atoms with van der Waals surface area (Å²) < 4.78 is 1.97. The zero-order chi connectivity index (χ0) is 22.7. The average Bonchev–Trinajstić information content (AvgIpc) is 3.61. The second-order valence-electron chi connectivity index (χ2n) is 7.97. The maximum Gasteiger partial charge on any atom is 0.349 e. The van der Waals surface area contributed by atoms with Crippen LogP contribution in [-0.4, -0.2) is 25.6 Å². The van der Waals surface area contributed by atoms with Crippen LogP contribution in [0, 0.1) is 6.92 Å². The summed E-state index contributed by atoms with van der Waals surface area (Å²) in [4.78, 5) is 35.2. The molecule has 0 bridgehead atoms. The average molecular weight is 432 g/mol. The van der Waals surface area contributed by atoms with E-state index >= 15 is 0 Å². The number of aromatic amines is 1. The molecule has 1 aliphatic carbocycles. The monoisotopic (exact) mass is 431 g/mol. The highest BCUT2D eigenvalue weighted by atomic mass is 16.2. The summed E-state index contributed by atoms with van der Waals surface area (Å²) >= 11 is 0. The van der Waals surface area contributed by atoms with Crippen molar-refractivity contribution in [3.05, 3.63) is 74.4 Å². The van der Waals surface area contributed by atoms with Crippen molar-refractivity contribution < 1.29 is 0 Å². The van der Waals surface area contributed by atoms with Crippen LogP contribution in [0.1, 0.15) is 44.2 Å². The first-order valence-electron chi connectivity index (χ1n) is 11.3. The van der Waals surface area contributed by atoms with Crippen molar-refractivity contribution in [2.75, 3.05) is 5.32 Å². The molecule has 0 unspecified atom stereocenters. The van der Waals surface area contributed by atoms with Crippen LogP contribution in [0.25, 0.3) is 22.6 Å². The van der Waals surface area contributed by atoms with Gasteiger partial charge in [-0.15, -0.1) is 0 Å².